The molecule has 31 heavy (non-hydrogen) atoms. The summed E-state index contributed by atoms with van der Waals surface area (Å²) in [7, 11) is 0. The third-order valence-electron chi connectivity index (χ3n) is 5.70. The Bertz CT molecular complexity index is 1220. The number of nitrogens with zero attached hydrogens (tertiary/aromatic N) is 2. The molecule has 154 valence electrons. The van der Waals surface area contributed by atoms with Crippen LogP contribution in [0.25, 0.3) is 0 Å². The summed E-state index contributed by atoms with van der Waals surface area (Å²) in [4.78, 5) is 30.5. The first-order chi connectivity index (χ1) is 15.1. The van der Waals surface area contributed by atoms with Crippen molar-refractivity contribution in [1.82, 2.24) is 0 Å². The van der Waals surface area contributed by atoms with E-state index in [0.29, 0.717) is 16.9 Å². The van der Waals surface area contributed by atoms with Crippen molar-refractivity contribution in [2.45, 2.75) is 12.3 Å². The van der Waals surface area contributed by atoms with Crippen LogP contribution in [0.2, 0.25) is 0 Å². The molecule has 0 fully saturated rings. The number of fused-ring (bicyclic) bond motifs is 3. The zero-order valence-electron chi connectivity index (χ0n) is 16.6. The number of carbonyl (C=O) groups is 2. The van der Waals surface area contributed by atoms with Gasteiger partial charge in [-0.2, -0.15) is 0 Å². The molecule has 3 aromatic carbocycles. The first kappa shape index (κ1) is 19.2. The van der Waals surface area contributed by atoms with Gasteiger partial charge in [-0.25, -0.2) is 4.39 Å². The number of benzene rings is 3. The highest BCUT2D eigenvalue weighted by atomic mass is 19.1. The molecule has 5 nitrogen and oxygen atoms in total. The van der Waals surface area contributed by atoms with Crippen molar-refractivity contribution in [2.24, 2.45) is 0 Å². The van der Waals surface area contributed by atoms with E-state index in [4.69, 9.17) is 4.74 Å². The minimum absolute atomic E-state index is 0.130. The molecule has 3 aromatic rings. The average molecular weight is 414 g/mol. The third-order valence-corrected chi connectivity index (χ3v) is 5.70. The molecule has 2 amide bonds. The van der Waals surface area contributed by atoms with Gasteiger partial charge in [-0.05, 0) is 24.3 Å². The first-order valence-corrected chi connectivity index (χ1v) is 9.93. The van der Waals surface area contributed by atoms with Crippen molar-refractivity contribution >= 4 is 23.2 Å². The summed E-state index contributed by atoms with van der Waals surface area (Å²) < 4.78 is 20.9. The van der Waals surface area contributed by atoms with E-state index in [2.05, 4.69) is 6.58 Å². The van der Waals surface area contributed by atoms with Crippen LogP contribution in [-0.2, 0) is 21.9 Å². The first-order valence-electron chi connectivity index (χ1n) is 9.93. The molecular weight excluding hydrogens is 395 g/mol. The molecule has 0 bridgehead atoms. The summed E-state index contributed by atoms with van der Waals surface area (Å²) in [5.41, 5.74) is 0.581. The third kappa shape index (κ3) is 2.65. The van der Waals surface area contributed by atoms with Crippen molar-refractivity contribution in [3.05, 3.63) is 108 Å². The predicted octanol–water partition coefficient (Wildman–Crippen LogP) is 4.39. The lowest BCUT2D eigenvalue weighted by molar-refractivity contribution is -0.146. The van der Waals surface area contributed by atoms with Gasteiger partial charge in [0.1, 0.15) is 5.82 Å². The number of halogens is 1. The molecule has 0 unspecified atom stereocenters. The maximum atomic E-state index is 14.6. The molecule has 1 spiro atoms. The quantitative estimate of drug-likeness (QED) is 0.598. The number of para-hydroxylation sites is 2. The summed E-state index contributed by atoms with van der Waals surface area (Å²) in [5, 5.41) is 0. The number of amides is 2. The molecule has 2 heterocycles. The lowest BCUT2D eigenvalue weighted by Crippen LogP contribution is -2.59. The highest BCUT2D eigenvalue weighted by molar-refractivity contribution is 6.17. The molecule has 0 N–H and O–H groups in total. The van der Waals surface area contributed by atoms with Gasteiger partial charge in [-0.1, -0.05) is 54.6 Å². The lowest BCUT2D eigenvalue weighted by Gasteiger charge is -2.43. The van der Waals surface area contributed by atoms with E-state index in [-0.39, 0.29) is 18.7 Å². The molecule has 2 aliphatic heterocycles. The summed E-state index contributed by atoms with van der Waals surface area (Å²) in [5.74, 6) is -1.71. The molecular formula is C25H19FN2O3. The highest BCUT2D eigenvalue weighted by Gasteiger charge is 2.60. The van der Waals surface area contributed by atoms with Crippen LogP contribution in [0.3, 0.4) is 0 Å². The Kier molecular flexibility index (Phi) is 4.45. The van der Waals surface area contributed by atoms with Crippen molar-refractivity contribution in [3.8, 4) is 0 Å². The molecule has 0 aromatic heterocycles. The summed E-state index contributed by atoms with van der Waals surface area (Å²) in [6.45, 7) is 4.14. The zero-order valence-corrected chi connectivity index (χ0v) is 16.6. The fourth-order valence-corrected chi connectivity index (χ4v) is 4.34. The average Bonchev–Trinajstić information content (AvgIpc) is 3.02. The van der Waals surface area contributed by atoms with E-state index in [1.165, 1.54) is 28.0 Å². The molecule has 0 saturated carbocycles. The number of anilines is 2. The van der Waals surface area contributed by atoms with Crippen molar-refractivity contribution in [3.63, 3.8) is 0 Å². The molecule has 2 aliphatic rings. The van der Waals surface area contributed by atoms with Gasteiger partial charge in [0.05, 0.1) is 23.5 Å². The van der Waals surface area contributed by atoms with E-state index in [1.54, 1.807) is 42.5 Å². The van der Waals surface area contributed by atoms with Gasteiger partial charge in [-0.15, -0.1) is 6.58 Å². The van der Waals surface area contributed by atoms with E-state index in [9.17, 15) is 14.0 Å². The molecule has 6 heteroatoms. The number of hydrogen-bond acceptors (Lipinski definition) is 3. The summed E-state index contributed by atoms with van der Waals surface area (Å²) in [6.07, 6.45) is 1.62. The minimum atomic E-state index is -1.73. The van der Waals surface area contributed by atoms with Crippen LogP contribution in [0.5, 0.6) is 0 Å². The van der Waals surface area contributed by atoms with Crippen molar-refractivity contribution in [2.75, 3.05) is 16.3 Å². The number of hydrogen-bond donors (Lipinski definition) is 0. The Morgan fingerprint density at radius 1 is 1.03 bits per heavy atom. The van der Waals surface area contributed by atoms with Gasteiger partial charge >= 0.3 is 0 Å². The van der Waals surface area contributed by atoms with Gasteiger partial charge < -0.3 is 9.64 Å². The molecule has 0 radical (unpaired) electrons. The van der Waals surface area contributed by atoms with E-state index >= 15 is 0 Å². The Morgan fingerprint density at radius 2 is 1.71 bits per heavy atom. The Hall–Kier alpha value is -3.77. The fraction of sp³-hybridized carbons (Fsp3) is 0.120. The second kappa shape index (κ2) is 7.18. The monoisotopic (exact) mass is 414 g/mol. The van der Waals surface area contributed by atoms with Crippen LogP contribution in [0, 0.1) is 5.82 Å². The van der Waals surface area contributed by atoms with Crippen LogP contribution in [0.1, 0.15) is 21.5 Å². The Morgan fingerprint density at radius 3 is 2.48 bits per heavy atom. The molecule has 0 saturated heterocycles. The maximum absolute atomic E-state index is 14.6. The number of ether oxygens (including phenoxy) is 1. The number of rotatable bonds is 3. The smallest absolute Gasteiger partial charge is 0.286 e. The Labute approximate surface area is 179 Å². The predicted molar refractivity (Wildman–Crippen MR) is 115 cm³/mol. The van der Waals surface area contributed by atoms with Gasteiger partial charge in [0.15, 0.2) is 0 Å². The van der Waals surface area contributed by atoms with Gasteiger partial charge in [0.2, 0.25) is 0 Å². The highest BCUT2D eigenvalue weighted by Crippen LogP contribution is 2.50. The van der Waals surface area contributed by atoms with Crippen LogP contribution < -0.4 is 9.80 Å². The van der Waals surface area contributed by atoms with Crippen molar-refractivity contribution in [1.29, 1.82) is 0 Å². The molecule has 0 aliphatic carbocycles. The normalized spacial score (nSPS) is 19.3. The van der Waals surface area contributed by atoms with Gasteiger partial charge in [0.25, 0.3) is 17.5 Å². The van der Waals surface area contributed by atoms with Crippen molar-refractivity contribution < 1.29 is 18.7 Å². The summed E-state index contributed by atoms with van der Waals surface area (Å²) >= 11 is 0. The molecule has 5 rings (SSSR count). The van der Waals surface area contributed by atoms with Crippen LogP contribution in [0.4, 0.5) is 15.8 Å². The lowest BCUT2D eigenvalue weighted by atomic mass is 9.96. The van der Waals surface area contributed by atoms with Crippen LogP contribution in [0.15, 0.2) is 85.5 Å². The Balaban J connectivity index is 1.78. The van der Waals surface area contributed by atoms with Crippen LogP contribution in [-0.4, -0.2) is 18.4 Å². The van der Waals surface area contributed by atoms with E-state index in [1.807, 2.05) is 18.2 Å². The second-order valence-corrected chi connectivity index (χ2v) is 7.40. The SMILES string of the molecule is C=CCN1C(=O)[C@@]2(OCc3ccccc3N2C(=O)c2ccccc2F)c2ccccc21. The largest absolute Gasteiger partial charge is 0.338 e. The standard InChI is InChI=1S/C25H19FN2O3/c1-2-15-27-22-14-8-5-11-19(22)25(24(27)30)28(21-13-7-3-9-17(21)16-31-25)23(29)18-10-4-6-12-20(18)26/h2-14H,1,15-16H2/t25-/m0/s1. The van der Waals surface area contributed by atoms with E-state index < -0.39 is 23.4 Å². The zero-order chi connectivity index (χ0) is 21.6. The maximum Gasteiger partial charge on any atom is 0.286 e. The van der Waals surface area contributed by atoms with Crippen LogP contribution >= 0.6 is 0 Å². The van der Waals surface area contributed by atoms with E-state index in [0.717, 1.165) is 5.56 Å². The topological polar surface area (TPSA) is 49.9 Å². The molecule has 1 atom stereocenters. The fourth-order valence-electron chi connectivity index (χ4n) is 4.34. The second-order valence-electron chi connectivity index (χ2n) is 7.40. The van der Waals surface area contributed by atoms with Gasteiger partial charge in [0, 0.05) is 17.7 Å². The summed E-state index contributed by atoms with van der Waals surface area (Å²) in [6, 6.07) is 20.1. The van der Waals surface area contributed by atoms with Gasteiger partial charge in [-0.3, -0.25) is 14.5 Å². The minimum Gasteiger partial charge on any atom is -0.338 e. The number of carbonyl (C=O) groups excluding carboxylic acids is 2.